The number of benzene rings is 2. The van der Waals surface area contributed by atoms with Crippen LogP contribution in [0, 0.1) is 12.8 Å². The highest BCUT2D eigenvalue weighted by atomic mass is 19.4. The number of hydrogen-bond acceptors (Lipinski definition) is 3. The van der Waals surface area contributed by atoms with Crippen molar-refractivity contribution in [3.63, 3.8) is 0 Å². The summed E-state index contributed by atoms with van der Waals surface area (Å²) in [6.45, 7) is 1.86. The minimum absolute atomic E-state index is 0.170. The highest BCUT2D eigenvalue weighted by Gasteiger charge is 2.50. The van der Waals surface area contributed by atoms with Crippen molar-refractivity contribution in [2.45, 2.75) is 31.7 Å². The minimum atomic E-state index is -4.26. The third-order valence-corrected chi connectivity index (χ3v) is 5.08. The van der Waals surface area contributed by atoms with Gasteiger partial charge in [-0.05, 0) is 42.2 Å². The van der Waals surface area contributed by atoms with E-state index >= 15 is 0 Å². The average molecular weight is 365 g/mol. The second-order valence-electron chi connectivity index (χ2n) is 6.80. The SMILES string of the molecule is Cc1ccccc1COc1ccc([C@]2(CO)C[C@H](C(F)(F)F)CN2)cc1. The summed E-state index contributed by atoms with van der Waals surface area (Å²) in [7, 11) is 0. The number of hydrogen-bond donors (Lipinski definition) is 2. The standard InChI is InChI=1S/C20H22F3NO2/c1-14-4-2-3-5-15(14)12-26-18-8-6-16(7-9-18)19(13-25)10-17(11-24-19)20(21,22)23/h2-9,17,24-25H,10-13H2,1H3/t17-,19+/m0/s1. The van der Waals surface area contributed by atoms with Crippen molar-refractivity contribution in [1.82, 2.24) is 5.32 Å². The number of aliphatic hydroxyl groups is 1. The average Bonchev–Trinajstić information content (AvgIpc) is 3.08. The van der Waals surface area contributed by atoms with Crippen molar-refractivity contribution in [1.29, 1.82) is 0 Å². The maximum Gasteiger partial charge on any atom is 0.393 e. The molecule has 0 unspecified atom stereocenters. The van der Waals surface area contributed by atoms with Crippen LogP contribution in [-0.2, 0) is 12.1 Å². The van der Waals surface area contributed by atoms with Gasteiger partial charge in [0, 0.05) is 6.54 Å². The largest absolute Gasteiger partial charge is 0.489 e. The summed E-state index contributed by atoms with van der Waals surface area (Å²) >= 11 is 0. The molecule has 6 heteroatoms. The van der Waals surface area contributed by atoms with E-state index in [-0.39, 0.29) is 19.6 Å². The molecule has 0 aromatic heterocycles. The Labute approximate surface area is 150 Å². The molecule has 0 radical (unpaired) electrons. The fourth-order valence-corrected chi connectivity index (χ4v) is 3.35. The molecular formula is C20H22F3NO2. The summed E-state index contributed by atoms with van der Waals surface area (Å²) in [5, 5.41) is 12.6. The van der Waals surface area contributed by atoms with Gasteiger partial charge in [-0.25, -0.2) is 0 Å². The zero-order valence-corrected chi connectivity index (χ0v) is 14.5. The Morgan fingerprint density at radius 1 is 1.15 bits per heavy atom. The molecule has 3 rings (SSSR count). The highest BCUT2D eigenvalue weighted by molar-refractivity contribution is 5.34. The van der Waals surface area contributed by atoms with E-state index in [9.17, 15) is 18.3 Å². The minimum Gasteiger partial charge on any atom is -0.489 e. The smallest absolute Gasteiger partial charge is 0.393 e. The Kier molecular flexibility index (Phi) is 5.25. The van der Waals surface area contributed by atoms with Gasteiger partial charge < -0.3 is 15.2 Å². The molecule has 140 valence electrons. The number of rotatable bonds is 5. The summed E-state index contributed by atoms with van der Waals surface area (Å²) in [6, 6.07) is 14.8. The molecule has 2 N–H and O–H groups in total. The molecule has 0 aliphatic carbocycles. The first-order valence-electron chi connectivity index (χ1n) is 8.54. The molecule has 26 heavy (non-hydrogen) atoms. The first-order chi connectivity index (χ1) is 12.3. The normalized spacial score (nSPS) is 23.2. The predicted octanol–water partition coefficient (Wildman–Crippen LogP) is 3.93. The zero-order chi connectivity index (χ0) is 18.8. The molecule has 2 atom stereocenters. The lowest BCUT2D eigenvalue weighted by atomic mass is 9.86. The number of ether oxygens (including phenoxy) is 1. The fraction of sp³-hybridized carbons (Fsp3) is 0.400. The van der Waals surface area contributed by atoms with E-state index in [1.807, 2.05) is 31.2 Å². The molecule has 0 bridgehead atoms. The van der Waals surface area contributed by atoms with E-state index in [4.69, 9.17) is 4.74 Å². The van der Waals surface area contributed by atoms with Crippen molar-refractivity contribution in [3.8, 4) is 5.75 Å². The molecule has 1 saturated heterocycles. The van der Waals surface area contributed by atoms with Gasteiger partial charge >= 0.3 is 6.18 Å². The Hall–Kier alpha value is -2.05. The van der Waals surface area contributed by atoms with Crippen LogP contribution in [0.1, 0.15) is 23.1 Å². The van der Waals surface area contributed by atoms with Crippen molar-refractivity contribution >= 4 is 0 Å². The van der Waals surface area contributed by atoms with Gasteiger partial charge in [0.1, 0.15) is 12.4 Å². The Bertz CT molecular complexity index is 745. The van der Waals surface area contributed by atoms with Crippen molar-refractivity contribution in [3.05, 3.63) is 65.2 Å². The first kappa shape index (κ1) is 18.7. The van der Waals surface area contributed by atoms with Crippen LogP contribution in [0.3, 0.4) is 0 Å². The lowest BCUT2D eigenvalue weighted by Crippen LogP contribution is -2.40. The Morgan fingerprint density at radius 2 is 1.85 bits per heavy atom. The molecule has 1 aliphatic heterocycles. The fourth-order valence-electron chi connectivity index (χ4n) is 3.35. The zero-order valence-electron chi connectivity index (χ0n) is 14.5. The summed E-state index contributed by atoms with van der Waals surface area (Å²) in [6.07, 6.45) is -4.43. The number of nitrogens with one attached hydrogen (secondary N) is 1. The van der Waals surface area contributed by atoms with Crippen LogP contribution in [0.5, 0.6) is 5.75 Å². The molecule has 0 amide bonds. The van der Waals surface area contributed by atoms with E-state index in [2.05, 4.69) is 5.32 Å². The topological polar surface area (TPSA) is 41.5 Å². The van der Waals surface area contributed by atoms with E-state index in [0.717, 1.165) is 11.1 Å². The third kappa shape index (κ3) is 3.86. The maximum atomic E-state index is 13.0. The van der Waals surface area contributed by atoms with Gasteiger partial charge in [0.05, 0.1) is 18.1 Å². The second kappa shape index (κ2) is 7.29. The third-order valence-electron chi connectivity index (χ3n) is 5.08. The predicted molar refractivity (Wildman–Crippen MR) is 92.9 cm³/mol. The molecular weight excluding hydrogens is 343 g/mol. The molecule has 2 aromatic rings. The molecule has 0 spiro atoms. The lowest BCUT2D eigenvalue weighted by molar-refractivity contribution is -0.170. The van der Waals surface area contributed by atoms with E-state index < -0.39 is 17.6 Å². The van der Waals surface area contributed by atoms with Gasteiger partial charge in [0.25, 0.3) is 0 Å². The molecule has 2 aromatic carbocycles. The molecule has 1 heterocycles. The van der Waals surface area contributed by atoms with Crippen molar-refractivity contribution in [2.75, 3.05) is 13.2 Å². The Balaban J connectivity index is 1.70. The summed E-state index contributed by atoms with van der Waals surface area (Å²) in [5.74, 6) is -0.818. The van der Waals surface area contributed by atoms with Gasteiger partial charge in [-0.2, -0.15) is 13.2 Å². The molecule has 0 saturated carbocycles. The van der Waals surface area contributed by atoms with E-state index in [1.165, 1.54) is 0 Å². The first-order valence-corrected chi connectivity index (χ1v) is 8.54. The lowest BCUT2D eigenvalue weighted by Gasteiger charge is -2.28. The molecule has 1 aliphatic rings. The summed E-state index contributed by atoms with van der Waals surface area (Å²) in [4.78, 5) is 0. The monoisotopic (exact) mass is 365 g/mol. The second-order valence-corrected chi connectivity index (χ2v) is 6.80. The van der Waals surface area contributed by atoms with Gasteiger partial charge in [-0.3, -0.25) is 0 Å². The van der Waals surface area contributed by atoms with Crippen LogP contribution in [0.2, 0.25) is 0 Å². The van der Waals surface area contributed by atoms with Crippen LogP contribution < -0.4 is 10.1 Å². The van der Waals surface area contributed by atoms with Gasteiger partial charge in [-0.15, -0.1) is 0 Å². The number of aliphatic hydroxyl groups excluding tert-OH is 1. The summed E-state index contributed by atoms with van der Waals surface area (Å²) < 4.78 is 44.7. The van der Waals surface area contributed by atoms with Crippen molar-refractivity contribution < 1.29 is 23.0 Å². The number of alkyl halides is 3. The maximum absolute atomic E-state index is 13.0. The molecule has 3 nitrogen and oxygen atoms in total. The van der Waals surface area contributed by atoms with E-state index in [1.54, 1.807) is 24.3 Å². The summed E-state index contributed by atoms with van der Waals surface area (Å²) in [5.41, 5.74) is 1.79. The molecule has 1 fully saturated rings. The number of halogens is 3. The van der Waals surface area contributed by atoms with Gasteiger partial charge in [-0.1, -0.05) is 36.4 Å². The quantitative estimate of drug-likeness (QED) is 0.844. The van der Waals surface area contributed by atoms with Crippen LogP contribution >= 0.6 is 0 Å². The van der Waals surface area contributed by atoms with Crippen LogP contribution in [-0.4, -0.2) is 24.4 Å². The Morgan fingerprint density at radius 3 is 2.42 bits per heavy atom. The highest BCUT2D eigenvalue weighted by Crippen LogP contribution is 2.41. The van der Waals surface area contributed by atoms with Crippen molar-refractivity contribution in [2.24, 2.45) is 5.92 Å². The van der Waals surface area contributed by atoms with Gasteiger partial charge in [0.2, 0.25) is 0 Å². The van der Waals surface area contributed by atoms with Crippen LogP contribution in [0.4, 0.5) is 13.2 Å². The van der Waals surface area contributed by atoms with Crippen LogP contribution in [0.25, 0.3) is 0 Å². The van der Waals surface area contributed by atoms with Gasteiger partial charge in [0.15, 0.2) is 0 Å². The van der Waals surface area contributed by atoms with Crippen LogP contribution in [0.15, 0.2) is 48.5 Å². The number of aryl methyl sites for hydroxylation is 1. The van der Waals surface area contributed by atoms with E-state index in [0.29, 0.717) is 17.9 Å².